The number of methoxy groups -OCH3 is 1. The van der Waals surface area contributed by atoms with Crippen molar-refractivity contribution in [3.63, 3.8) is 0 Å². The van der Waals surface area contributed by atoms with E-state index in [1.807, 2.05) is 0 Å². The van der Waals surface area contributed by atoms with E-state index in [0.717, 1.165) is 0 Å². The normalized spacial score (nSPS) is 15.4. The van der Waals surface area contributed by atoms with E-state index < -0.39 is 21.7 Å². The highest BCUT2D eigenvalue weighted by molar-refractivity contribution is 7.89. The number of nitrogens with one attached hydrogen (secondary N) is 1. The van der Waals surface area contributed by atoms with Crippen molar-refractivity contribution in [3.05, 3.63) is 59.9 Å². The van der Waals surface area contributed by atoms with Crippen molar-refractivity contribution in [1.82, 2.24) is 4.31 Å². The van der Waals surface area contributed by atoms with Gasteiger partial charge in [0, 0.05) is 24.9 Å². The summed E-state index contributed by atoms with van der Waals surface area (Å²) in [6, 6.07) is 10.4. The molecule has 1 fully saturated rings. The molecule has 0 spiro atoms. The minimum atomic E-state index is -3.66. The number of morpholine rings is 1. The third-order valence-corrected chi connectivity index (χ3v) is 6.21. The summed E-state index contributed by atoms with van der Waals surface area (Å²) in [5, 5.41) is 2.61. The molecule has 0 saturated carbocycles. The summed E-state index contributed by atoms with van der Waals surface area (Å²) in [4.78, 5) is 12.3. The summed E-state index contributed by atoms with van der Waals surface area (Å²) in [6.07, 6.45) is 2.69. The second-order valence-electron chi connectivity index (χ2n) is 6.26. The van der Waals surface area contributed by atoms with Gasteiger partial charge in [-0.05, 0) is 42.0 Å². The van der Waals surface area contributed by atoms with Gasteiger partial charge in [-0.15, -0.1) is 0 Å². The Morgan fingerprint density at radius 1 is 1.21 bits per heavy atom. The summed E-state index contributed by atoms with van der Waals surface area (Å²) < 4.78 is 50.5. The van der Waals surface area contributed by atoms with E-state index in [1.165, 1.54) is 47.8 Å². The predicted molar refractivity (Wildman–Crippen MR) is 107 cm³/mol. The minimum Gasteiger partial charge on any atom is -0.494 e. The number of amides is 1. The quantitative estimate of drug-likeness (QED) is 0.726. The molecule has 1 aliphatic rings. The summed E-state index contributed by atoms with van der Waals surface area (Å²) >= 11 is 0. The maximum Gasteiger partial charge on any atom is 0.248 e. The lowest BCUT2D eigenvalue weighted by atomic mass is 10.2. The number of benzene rings is 2. The highest BCUT2D eigenvalue weighted by Crippen LogP contribution is 2.21. The molecule has 1 heterocycles. The highest BCUT2D eigenvalue weighted by Gasteiger charge is 2.26. The van der Waals surface area contributed by atoms with Crippen molar-refractivity contribution in [2.45, 2.75) is 4.90 Å². The molecular formula is C20H21FN2O5S. The number of nitrogens with zero attached hydrogens (tertiary/aromatic N) is 1. The minimum absolute atomic E-state index is 0.0957. The average Bonchev–Trinajstić information content (AvgIpc) is 2.73. The molecule has 1 saturated heterocycles. The van der Waals surface area contributed by atoms with Gasteiger partial charge < -0.3 is 14.8 Å². The molecule has 0 atom stereocenters. The lowest BCUT2D eigenvalue weighted by Gasteiger charge is -2.26. The van der Waals surface area contributed by atoms with Crippen LogP contribution in [-0.4, -0.2) is 52.0 Å². The topological polar surface area (TPSA) is 84.9 Å². The van der Waals surface area contributed by atoms with Crippen LogP contribution in [0.1, 0.15) is 5.56 Å². The van der Waals surface area contributed by atoms with Crippen LogP contribution in [0.15, 0.2) is 53.4 Å². The van der Waals surface area contributed by atoms with Crippen LogP contribution in [0.5, 0.6) is 5.75 Å². The fourth-order valence-electron chi connectivity index (χ4n) is 2.81. The maximum absolute atomic E-state index is 13.7. The zero-order valence-electron chi connectivity index (χ0n) is 15.8. The number of halogens is 1. The molecule has 7 nitrogen and oxygen atoms in total. The molecule has 2 aromatic carbocycles. The Balaban J connectivity index is 1.69. The van der Waals surface area contributed by atoms with Crippen molar-refractivity contribution in [2.24, 2.45) is 0 Å². The second kappa shape index (κ2) is 9.17. The summed E-state index contributed by atoms with van der Waals surface area (Å²) in [5.74, 6) is -0.886. The van der Waals surface area contributed by atoms with Gasteiger partial charge >= 0.3 is 0 Å². The number of carbonyl (C=O) groups excluding carboxylic acids is 1. The number of rotatable bonds is 6. The summed E-state index contributed by atoms with van der Waals surface area (Å²) in [6.45, 7) is 1.29. The van der Waals surface area contributed by atoms with Crippen LogP contribution in [0, 0.1) is 5.82 Å². The number of ether oxygens (including phenoxy) is 2. The molecule has 154 valence electrons. The molecule has 1 amide bonds. The van der Waals surface area contributed by atoms with Gasteiger partial charge in [0.25, 0.3) is 0 Å². The fourth-order valence-corrected chi connectivity index (χ4v) is 4.27. The molecule has 9 heteroatoms. The number of hydrogen-bond donors (Lipinski definition) is 1. The second-order valence-corrected chi connectivity index (χ2v) is 8.20. The van der Waals surface area contributed by atoms with Gasteiger partial charge in [-0.2, -0.15) is 4.31 Å². The molecule has 0 bridgehead atoms. The van der Waals surface area contributed by atoms with Crippen LogP contribution in [0.25, 0.3) is 6.08 Å². The lowest BCUT2D eigenvalue weighted by Crippen LogP contribution is -2.40. The number of anilines is 1. The van der Waals surface area contributed by atoms with Gasteiger partial charge in [0.05, 0.1) is 25.2 Å². The Kier molecular flexibility index (Phi) is 6.63. The molecular weight excluding hydrogens is 399 g/mol. The molecule has 3 rings (SSSR count). The van der Waals surface area contributed by atoms with Crippen molar-refractivity contribution in [1.29, 1.82) is 0 Å². The van der Waals surface area contributed by atoms with Crippen LogP contribution in [0.3, 0.4) is 0 Å². The van der Waals surface area contributed by atoms with E-state index in [2.05, 4.69) is 5.32 Å². The lowest BCUT2D eigenvalue weighted by molar-refractivity contribution is -0.111. The molecule has 0 unspecified atom stereocenters. The van der Waals surface area contributed by atoms with Gasteiger partial charge in [-0.1, -0.05) is 12.1 Å². The van der Waals surface area contributed by atoms with Crippen LogP contribution in [-0.2, 0) is 19.6 Å². The third kappa shape index (κ3) is 5.20. The van der Waals surface area contributed by atoms with E-state index in [9.17, 15) is 17.6 Å². The highest BCUT2D eigenvalue weighted by atomic mass is 32.2. The van der Waals surface area contributed by atoms with Gasteiger partial charge in [0.15, 0.2) is 11.6 Å². The molecule has 1 N–H and O–H groups in total. The van der Waals surface area contributed by atoms with E-state index >= 15 is 0 Å². The Morgan fingerprint density at radius 2 is 1.97 bits per heavy atom. The first-order valence-electron chi connectivity index (χ1n) is 8.91. The summed E-state index contributed by atoms with van der Waals surface area (Å²) in [5.41, 5.74) is 0.831. The van der Waals surface area contributed by atoms with Crippen LogP contribution >= 0.6 is 0 Å². The Labute approximate surface area is 168 Å². The van der Waals surface area contributed by atoms with Gasteiger partial charge in [-0.3, -0.25) is 4.79 Å². The summed E-state index contributed by atoms with van der Waals surface area (Å²) in [7, 11) is -2.29. The Hall–Kier alpha value is -2.75. The SMILES string of the molecule is COc1ccc(/C=C/C(=O)Nc2cccc(S(=O)(=O)N3CCOCC3)c2)cc1F. The molecule has 0 radical (unpaired) electrons. The zero-order chi connectivity index (χ0) is 20.9. The zero-order valence-corrected chi connectivity index (χ0v) is 16.6. The molecule has 0 aliphatic carbocycles. The van der Waals surface area contributed by atoms with Gasteiger partial charge in [0.2, 0.25) is 15.9 Å². The van der Waals surface area contributed by atoms with Crippen LogP contribution in [0.2, 0.25) is 0 Å². The molecule has 2 aromatic rings. The Bertz CT molecular complexity index is 1020. The first kappa shape index (κ1) is 21.0. The molecule has 29 heavy (non-hydrogen) atoms. The standard InChI is InChI=1S/C20H21FN2O5S/c1-27-19-7-5-15(13-18(19)21)6-8-20(24)22-16-3-2-4-17(14-16)29(25,26)23-9-11-28-12-10-23/h2-8,13-14H,9-12H2,1H3,(H,22,24)/b8-6+. The van der Waals surface area contributed by atoms with Crippen molar-refractivity contribution < 1.29 is 27.1 Å². The van der Waals surface area contributed by atoms with E-state index in [4.69, 9.17) is 9.47 Å². The van der Waals surface area contributed by atoms with Gasteiger partial charge in [-0.25, -0.2) is 12.8 Å². The number of sulfonamides is 1. The van der Waals surface area contributed by atoms with E-state index in [0.29, 0.717) is 37.6 Å². The largest absolute Gasteiger partial charge is 0.494 e. The number of carbonyl (C=O) groups is 1. The molecule has 1 aliphatic heterocycles. The maximum atomic E-state index is 13.7. The Morgan fingerprint density at radius 3 is 2.66 bits per heavy atom. The number of hydrogen-bond acceptors (Lipinski definition) is 5. The van der Waals surface area contributed by atoms with Crippen molar-refractivity contribution >= 4 is 27.7 Å². The fraction of sp³-hybridized carbons (Fsp3) is 0.250. The van der Waals surface area contributed by atoms with Gasteiger partial charge in [0.1, 0.15) is 0 Å². The van der Waals surface area contributed by atoms with E-state index in [1.54, 1.807) is 18.2 Å². The van der Waals surface area contributed by atoms with Crippen molar-refractivity contribution in [3.8, 4) is 5.75 Å². The van der Waals surface area contributed by atoms with Crippen molar-refractivity contribution in [2.75, 3.05) is 38.7 Å². The predicted octanol–water partition coefficient (Wildman–Crippen LogP) is 2.51. The first-order chi connectivity index (χ1) is 13.9. The molecule has 0 aromatic heterocycles. The third-order valence-electron chi connectivity index (χ3n) is 4.31. The van der Waals surface area contributed by atoms with E-state index in [-0.39, 0.29) is 10.6 Å². The van der Waals surface area contributed by atoms with Crippen LogP contribution < -0.4 is 10.1 Å². The average molecular weight is 420 g/mol. The smallest absolute Gasteiger partial charge is 0.248 e. The monoisotopic (exact) mass is 420 g/mol. The first-order valence-corrected chi connectivity index (χ1v) is 10.3. The van der Waals surface area contributed by atoms with Crippen LogP contribution in [0.4, 0.5) is 10.1 Å².